The van der Waals surface area contributed by atoms with Crippen LogP contribution in [-0.2, 0) is 9.53 Å². The van der Waals surface area contributed by atoms with Crippen molar-refractivity contribution in [2.75, 3.05) is 6.61 Å². The monoisotopic (exact) mass is 234 g/mol. The van der Waals surface area contributed by atoms with Gasteiger partial charge in [0.15, 0.2) is 0 Å². The van der Waals surface area contributed by atoms with E-state index >= 15 is 0 Å². The van der Waals surface area contributed by atoms with Crippen LogP contribution in [-0.4, -0.2) is 18.0 Å². The molecule has 3 unspecified atom stereocenters. The second-order valence-corrected chi connectivity index (χ2v) is 6.76. The Kier molecular flexibility index (Phi) is 2.21. The van der Waals surface area contributed by atoms with Crippen LogP contribution in [0.15, 0.2) is 0 Å². The van der Waals surface area contributed by atoms with Crippen LogP contribution in [0.1, 0.15) is 51.4 Å². The van der Waals surface area contributed by atoms with Crippen LogP contribution in [0.4, 0.5) is 0 Å². The van der Waals surface area contributed by atoms with E-state index in [0.717, 1.165) is 31.3 Å². The third-order valence-corrected chi connectivity index (χ3v) is 5.90. The van der Waals surface area contributed by atoms with E-state index in [1.54, 1.807) is 0 Å². The molecule has 4 aliphatic rings. The first-order chi connectivity index (χ1) is 8.29. The minimum Gasteiger partial charge on any atom is -0.375 e. The first-order valence-corrected chi connectivity index (χ1v) is 7.47. The van der Waals surface area contributed by atoms with Crippen molar-refractivity contribution in [2.45, 2.75) is 57.0 Å². The Morgan fingerprint density at radius 2 is 1.82 bits per heavy atom. The van der Waals surface area contributed by atoms with E-state index in [4.69, 9.17) is 4.74 Å². The van der Waals surface area contributed by atoms with Gasteiger partial charge in [0.05, 0.1) is 5.60 Å². The van der Waals surface area contributed by atoms with Crippen LogP contribution in [0, 0.1) is 23.7 Å². The highest BCUT2D eigenvalue weighted by molar-refractivity contribution is 5.87. The molecule has 0 bridgehead atoms. The van der Waals surface area contributed by atoms with Gasteiger partial charge in [0.25, 0.3) is 0 Å². The molecule has 1 saturated heterocycles. The molecule has 3 aliphatic carbocycles. The average Bonchev–Trinajstić information content (AvgIpc) is 2.79. The fraction of sp³-hybridized carbons (Fsp3) is 0.933. The summed E-state index contributed by atoms with van der Waals surface area (Å²) in [4.78, 5) is 12.5. The van der Waals surface area contributed by atoms with E-state index in [2.05, 4.69) is 0 Å². The van der Waals surface area contributed by atoms with Gasteiger partial charge in [-0.05, 0) is 56.8 Å². The van der Waals surface area contributed by atoms with Crippen LogP contribution in [0.3, 0.4) is 0 Å². The normalized spacial score (nSPS) is 46.4. The van der Waals surface area contributed by atoms with Crippen LogP contribution >= 0.6 is 0 Å². The van der Waals surface area contributed by atoms with Gasteiger partial charge < -0.3 is 4.74 Å². The molecule has 0 aromatic carbocycles. The predicted octanol–water partition coefficient (Wildman–Crippen LogP) is 2.95. The van der Waals surface area contributed by atoms with Gasteiger partial charge in [-0.3, -0.25) is 4.79 Å². The fourth-order valence-corrected chi connectivity index (χ4v) is 4.71. The minimum atomic E-state index is 0.141. The van der Waals surface area contributed by atoms with Gasteiger partial charge in [0.2, 0.25) is 0 Å². The van der Waals surface area contributed by atoms with E-state index in [9.17, 15) is 4.79 Å². The maximum Gasteiger partial charge on any atom is 0.139 e. The first-order valence-electron chi connectivity index (χ1n) is 7.47. The number of carbonyl (C=O) groups excluding carboxylic acids is 1. The fourth-order valence-electron chi connectivity index (χ4n) is 4.71. The SMILES string of the molecule is O=C(C1CCOC2(CCC2)C1)C1C2CCCC21. The number of ether oxygens (including phenoxy) is 1. The summed E-state index contributed by atoms with van der Waals surface area (Å²) in [5.74, 6) is 3.03. The van der Waals surface area contributed by atoms with Crippen molar-refractivity contribution in [3.05, 3.63) is 0 Å². The Morgan fingerprint density at radius 1 is 1.06 bits per heavy atom. The second kappa shape index (κ2) is 3.57. The largest absolute Gasteiger partial charge is 0.375 e. The smallest absolute Gasteiger partial charge is 0.139 e. The zero-order valence-electron chi connectivity index (χ0n) is 10.5. The lowest BCUT2D eigenvalue weighted by Crippen LogP contribution is -2.47. The number of hydrogen-bond acceptors (Lipinski definition) is 2. The van der Waals surface area contributed by atoms with Crippen LogP contribution in [0.2, 0.25) is 0 Å². The lowest BCUT2D eigenvalue weighted by atomic mass is 9.70. The molecule has 1 heterocycles. The molecule has 0 aromatic rings. The zero-order valence-corrected chi connectivity index (χ0v) is 10.5. The molecule has 4 fully saturated rings. The molecule has 2 nitrogen and oxygen atoms in total. The van der Waals surface area contributed by atoms with Gasteiger partial charge >= 0.3 is 0 Å². The number of rotatable bonds is 2. The van der Waals surface area contributed by atoms with Crippen molar-refractivity contribution in [1.29, 1.82) is 0 Å². The summed E-state index contributed by atoms with van der Waals surface area (Å²) in [5, 5.41) is 0. The standard InChI is InChI=1S/C15H22O2/c16-14(13-11-3-1-4-12(11)13)10-5-8-17-15(9-10)6-2-7-15/h10-13H,1-9H2. The maximum atomic E-state index is 12.5. The lowest BCUT2D eigenvalue weighted by molar-refractivity contribution is -0.156. The molecule has 1 spiro atoms. The number of hydrogen-bond donors (Lipinski definition) is 0. The predicted molar refractivity (Wildman–Crippen MR) is 64.6 cm³/mol. The van der Waals surface area contributed by atoms with Crippen molar-refractivity contribution in [2.24, 2.45) is 23.7 Å². The summed E-state index contributed by atoms with van der Waals surface area (Å²) in [6.07, 6.45) is 9.78. The number of fused-ring (bicyclic) bond motifs is 1. The van der Waals surface area contributed by atoms with Crippen molar-refractivity contribution in [3.63, 3.8) is 0 Å². The summed E-state index contributed by atoms with van der Waals surface area (Å²) in [5.41, 5.74) is 0.141. The first kappa shape index (κ1) is 10.5. The Bertz CT molecular complexity index is 335. The van der Waals surface area contributed by atoms with Crippen molar-refractivity contribution in [3.8, 4) is 0 Å². The highest BCUT2D eigenvalue weighted by Gasteiger charge is 2.58. The highest BCUT2D eigenvalue weighted by Crippen LogP contribution is 2.59. The van der Waals surface area contributed by atoms with Crippen molar-refractivity contribution < 1.29 is 9.53 Å². The quantitative estimate of drug-likeness (QED) is 0.734. The van der Waals surface area contributed by atoms with Gasteiger partial charge in [-0.15, -0.1) is 0 Å². The molecular weight excluding hydrogens is 212 g/mol. The third kappa shape index (κ3) is 1.53. The van der Waals surface area contributed by atoms with Crippen molar-refractivity contribution in [1.82, 2.24) is 0 Å². The Hall–Kier alpha value is -0.370. The molecule has 0 N–H and O–H groups in total. The van der Waals surface area contributed by atoms with Crippen LogP contribution in [0.5, 0.6) is 0 Å². The van der Waals surface area contributed by atoms with Gasteiger partial charge in [-0.2, -0.15) is 0 Å². The molecule has 4 rings (SSSR count). The second-order valence-electron chi connectivity index (χ2n) is 6.76. The van der Waals surface area contributed by atoms with Crippen LogP contribution < -0.4 is 0 Å². The molecule has 1 aliphatic heterocycles. The molecule has 2 heteroatoms. The Morgan fingerprint density at radius 3 is 2.47 bits per heavy atom. The number of Topliss-reactive ketones (excluding diaryl/α,β-unsaturated/α-hetero) is 1. The van der Waals surface area contributed by atoms with Crippen LogP contribution in [0.25, 0.3) is 0 Å². The molecule has 3 saturated carbocycles. The summed E-state index contributed by atoms with van der Waals surface area (Å²) >= 11 is 0. The van der Waals surface area contributed by atoms with E-state index < -0.39 is 0 Å². The summed E-state index contributed by atoms with van der Waals surface area (Å²) in [6.45, 7) is 0.832. The van der Waals surface area contributed by atoms with E-state index in [1.807, 2.05) is 0 Å². The van der Waals surface area contributed by atoms with Gasteiger partial charge in [0.1, 0.15) is 5.78 Å². The van der Waals surface area contributed by atoms with Gasteiger partial charge in [-0.1, -0.05) is 6.42 Å². The molecule has 0 aromatic heterocycles. The number of carbonyl (C=O) groups is 1. The topological polar surface area (TPSA) is 26.3 Å². The van der Waals surface area contributed by atoms with Crippen molar-refractivity contribution >= 4 is 5.78 Å². The van der Waals surface area contributed by atoms with Gasteiger partial charge in [-0.25, -0.2) is 0 Å². The Balaban J connectivity index is 1.43. The molecule has 94 valence electrons. The van der Waals surface area contributed by atoms with E-state index in [-0.39, 0.29) is 5.60 Å². The molecule has 3 atom stereocenters. The molecule has 17 heavy (non-hydrogen) atoms. The maximum absolute atomic E-state index is 12.5. The third-order valence-electron chi connectivity index (χ3n) is 5.90. The molecular formula is C15H22O2. The van der Waals surface area contributed by atoms with Gasteiger partial charge in [0, 0.05) is 18.4 Å². The zero-order chi connectivity index (χ0) is 11.5. The average molecular weight is 234 g/mol. The lowest BCUT2D eigenvalue weighted by Gasteiger charge is -2.47. The summed E-state index contributed by atoms with van der Waals surface area (Å²) in [7, 11) is 0. The minimum absolute atomic E-state index is 0.141. The summed E-state index contributed by atoms with van der Waals surface area (Å²) < 4.78 is 5.92. The number of ketones is 1. The van der Waals surface area contributed by atoms with E-state index in [0.29, 0.717) is 17.6 Å². The highest BCUT2D eigenvalue weighted by atomic mass is 16.5. The van der Waals surface area contributed by atoms with E-state index in [1.165, 1.54) is 38.5 Å². The molecule has 0 amide bonds. The Labute approximate surface area is 103 Å². The molecule has 0 radical (unpaired) electrons. The summed E-state index contributed by atoms with van der Waals surface area (Å²) in [6, 6.07) is 0.